The van der Waals surface area contributed by atoms with Gasteiger partial charge in [-0.1, -0.05) is 18.2 Å². The van der Waals surface area contributed by atoms with Gasteiger partial charge in [-0.3, -0.25) is 9.59 Å². The van der Waals surface area contributed by atoms with Gasteiger partial charge < -0.3 is 19.6 Å². The van der Waals surface area contributed by atoms with Crippen LogP contribution in [-0.4, -0.2) is 27.7 Å². The average Bonchev–Trinajstić information content (AvgIpc) is 3.34. The van der Waals surface area contributed by atoms with E-state index in [-0.39, 0.29) is 11.8 Å². The number of carbonyl (C=O) groups excluding carboxylic acids is 2. The normalized spacial score (nSPS) is 17.2. The number of aromatic nitrogens is 1. The number of hydrogen-bond acceptors (Lipinski definition) is 3. The van der Waals surface area contributed by atoms with Crippen LogP contribution >= 0.6 is 0 Å². The molecule has 2 aromatic heterocycles. The predicted molar refractivity (Wildman–Crippen MR) is 97.2 cm³/mol. The lowest BCUT2D eigenvalue weighted by Gasteiger charge is -2.23. The summed E-state index contributed by atoms with van der Waals surface area (Å²) in [7, 11) is 0. The van der Waals surface area contributed by atoms with Crippen LogP contribution in [0, 0.1) is 6.92 Å². The number of hydrogen-bond donors (Lipinski definition) is 2. The maximum Gasteiger partial charge on any atom is 0.243 e. The second kappa shape index (κ2) is 6.71. The summed E-state index contributed by atoms with van der Waals surface area (Å²) in [5.74, 6) is 1.41. The molecule has 134 valence electrons. The molecule has 0 aliphatic carbocycles. The number of para-hydroxylation sites is 1. The summed E-state index contributed by atoms with van der Waals surface area (Å²) in [6, 6.07) is 11.2. The Balaban J connectivity index is 1.47. The lowest BCUT2D eigenvalue weighted by molar-refractivity contribution is -0.135. The van der Waals surface area contributed by atoms with Crippen molar-refractivity contribution in [3.8, 4) is 0 Å². The molecule has 2 amide bonds. The summed E-state index contributed by atoms with van der Waals surface area (Å²) in [5, 5.41) is 3.97. The average molecular weight is 351 g/mol. The lowest BCUT2D eigenvalue weighted by Crippen LogP contribution is -2.44. The van der Waals surface area contributed by atoms with Crippen LogP contribution in [0.1, 0.15) is 29.9 Å². The number of nitrogens with zero attached hydrogens (tertiary/aromatic N) is 1. The summed E-state index contributed by atoms with van der Waals surface area (Å²) < 4.78 is 5.48. The maximum atomic E-state index is 12.6. The van der Waals surface area contributed by atoms with Crippen molar-refractivity contribution >= 4 is 22.7 Å². The first-order valence-corrected chi connectivity index (χ1v) is 8.79. The van der Waals surface area contributed by atoms with Gasteiger partial charge in [0.2, 0.25) is 11.8 Å². The van der Waals surface area contributed by atoms with Crippen molar-refractivity contribution in [1.82, 2.24) is 15.2 Å². The number of likely N-dealkylation sites (tertiary alicyclic amines) is 1. The highest BCUT2D eigenvalue weighted by Gasteiger charge is 2.36. The fraction of sp³-hybridized carbons (Fsp3) is 0.300. The third kappa shape index (κ3) is 3.10. The van der Waals surface area contributed by atoms with Gasteiger partial charge in [0, 0.05) is 30.1 Å². The minimum Gasteiger partial charge on any atom is -0.465 e. The van der Waals surface area contributed by atoms with Crippen molar-refractivity contribution in [3.05, 3.63) is 59.7 Å². The Labute approximate surface area is 151 Å². The molecule has 1 atom stereocenters. The summed E-state index contributed by atoms with van der Waals surface area (Å²) in [4.78, 5) is 29.9. The molecule has 0 bridgehead atoms. The molecule has 3 aromatic rings. The first-order chi connectivity index (χ1) is 12.6. The largest absolute Gasteiger partial charge is 0.465 e. The van der Waals surface area contributed by atoms with E-state index < -0.39 is 6.04 Å². The standard InChI is InChI=1S/C20H21N3O3/c1-13-6-7-15(26-13)11-22-20(25)18-8-9-19(24)23(18)12-14-10-21-17-5-3-2-4-16(14)17/h2-7,10,18,21H,8-9,11-12H2,1H3,(H,22,25)/t18-/m1/s1. The molecule has 6 heteroatoms. The van der Waals surface area contributed by atoms with Crippen LogP contribution in [0.4, 0.5) is 0 Å². The molecule has 6 nitrogen and oxygen atoms in total. The second-order valence-corrected chi connectivity index (χ2v) is 6.67. The van der Waals surface area contributed by atoms with Crippen LogP contribution in [-0.2, 0) is 22.7 Å². The monoisotopic (exact) mass is 351 g/mol. The van der Waals surface area contributed by atoms with Gasteiger partial charge in [0.25, 0.3) is 0 Å². The molecule has 1 fully saturated rings. The number of carbonyl (C=O) groups is 2. The zero-order valence-corrected chi connectivity index (χ0v) is 14.6. The van der Waals surface area contributed by atoms with Crippen LogP contribution < -0.4 is 5.32 Å². The van der Waals surface area contributed by atoms with E-state index in [4.69, 9.17) is 4.42 Å². The van der Waals surface area contributed by atoms with E-state index in [0.717, 1.165) is 22.2 Å². The molecule has 1 aliphatic heterocycles. The van der Waals surface area contributed by atoms with E-state index >= 15 is 0 Å². The van der Waals surface area contributed by atoms with Gasteiger partial charge >= 0.3 is 0 Å². The van der Waals surface area contributed by atoms with Crippen molar-refractivity contribution in [2.24, 2.45) is 0 Å². The quantitative estimate of drug-likeness (QED) is 0.742. The Morgan fingerprint density at radius 2 is 2.15 bits per heavy atom. The van der Waals surface area contributed by atoms with Crippen LogP contribution in [0.25, 0.3) is 10.9 Å². The third-order valence-corrected chi connectivity index (χ3v) is 4.88. The van der Waals surface area contributed by atoms with E-state index in [1.54, 1.807) is 4.90 Å². The van der Waals surface area contributed by atoms with Gasteiger partial charge in [0.1, 0.15) is 17.6 Å². The summed E-state index contributed by atoms with van der Waals surface area (Å²) in [6.45, 7) is 2.63. The Bertz CT molecular complexity index is 956. The molecule has 3 heterocycles. The highest BCUT2D eigenvalue weighted by Crippen LogP contribution is 2.25. The van der Waals surface area contributed by atoms with E-state index in [1.165, 1.54) is 0 Å². The Hall–Kier alpha value is -3.02. The zero-order chi connectivity index (χ0) is 18.1. The fourth-order valence-corrected chi connectivity index (χ4v) is 3.52. The summed E-state index contributed by atoms with van der Waals surface area (Å²) in [6.07, 6.45) is 2.86. The van der Waals surface area contributed by atoms with Crippen LogP contribution in [0.3, 0.4) is 0 Å². The number of nitrogens with one attached hydrogen (secondary N) is 2. The summed E-state index contributed by atoms with van der Waals surface area (Å²) in [5.41, 5.74) is 2.05. The number of H-pyrrole nitrogens is 1. The van der Waals surface area contributed by atoms with Crippen molar-refractivity contribution in [2.75, 3.05) is 0 Å². The maximum absolute atomic E-state index is 12.6. The number of fused-ring (bicyclic) bond motifs is 1. The topological polar surface area (TPSA) is 78.3 Å². The van der Waals surface area contributed by atoms with E-state index in [9.17, 15) is 9.59 Å². The molecule has 0 unspecified atom stereocenters. The van der Waals surface area contributed by atoms with Gasteiger partial charge in [-0.2, -0.15) is 0 Å². The second-order valence-electron chi connectivity index (χ2n) is 6.67. The molecular weight excluding hydrogens is 330 g/mol. The zero-order valence-electron chi connectivity index (χ0n) is 14.6. The van der Waals surface area contributed by atoms with Crippen molar-refractivity contribution < 1.29 is 14.0 Å². The molecule has 4 rings (SSSR count). The van der Waals surface area contributed by atoms with Gasteiger partial charge in [-0.25, -0.2) is 0 Å². The number of aryl methyl sites for hydroxylation is 1. The number of aromatic amines is 1. The van der Waals surface area contributed by atoms with Crippen LogP contribution in [0.2, 0.25) is 0 Å². The molecule has 1 aliphatic rings. The Morgan fingerprint density at radius 3 is 2.96 bits per heavy atom. The first-order valence-electron chi connectivity index (χ1n) is 8.79. The molecule has 0 saturated carbocycles. The van der Waals surface area contributed by atoms with Gasteiger partial charge in [-0.05, 0) is 37.1 Å². The molecule has 2 N–H and O–H groups in total. The van der Waals surface area contributed by atoms with Crippen molar-refractivity contribution in [2.45, 2.75) is 38.9 Å². The highest BCUT2D eigenvalue weighted by atomic mass is 16.3. The lowest BCUT2D eigenvalue weighted by atomic mass is 10.1. The van der Waals surface area contributed by atoms with Gasteiger partial charge in [0.05, 0.1) is 6.54 Å². The third-order valence-electron chi connectivity index (χ3n) is 4.88. The smallest absolute Gasteiger partial charge is 0.243 e. The highest BCUT2D eigenvalue weighted by molar-refractivity contribution is 5.91. The predicted octanol–water partition coefficient (Wildman–Crippen LogP) is 2.88. The van der Waals surface area contributed by atoms with E-state index in [2.05, 4.69) is 10.3 Å². The van der Waals surface area contributed by atoms with Crippen LogP contribution in [0.5, 0.6) is 0 Å². The van der Waals surface area contributed by atoms with Crippen LogP contribution in [0.15, 0.2) is 47.0 Å². The minimum absolute atomic E-state index is 0.0178. The number of benzene rings is 1. The van der Waals surface area contributed by atoms with Crippen molar-refractivity contribution in [3.63, 3.8) is 0 Å². The number of rotatable bonds is 5. The Kier molecular flexibility index (Phi) is 4.24. The Morgan fingerprint density at radius 1 is 1.31 bits per heavy atom. The summed E-state index contributed by atoms with van der Waals surface area (Å²) >= 11 is 0. The first kappa shape index (κ1) is 16.4. The van der Waals surface area contributed by atoms with Gasteiger partial charge in [-0.15, -0.1) is 0 Å². The molecular formula is C20H21N3O3. The molecule has 0 radical (unpaired) electrons. The van der Waals surface area contributed by atoms with E-state index in [0.29, 0.717) is 31.7 Å². The van der Waals surface area contributed by atoms with E-state index in [1.807, 2.05) is 49.5 Å². The molecule has 0 spiro atoms. The fourth-order valence-electron chi connectivity index (χ4n) is 3.52. The molecule has 26 heavy (non-hydrogen) atoms. The number of amides is 2. The SMILES string of the molecule is Cc1ccc(CNC(=O)[C@H]2CCC(=O)N2Cc2c[nH]c3ccccc23)o1. The van der Waals surface area contributed by atoms with Gasteiger partial charge in [0.15, 0.2) is 0 Å². The molecule has 1 saturated heterocycles. The van der Waals surface area contributed by atoms with Crippen molar-refractivity contribution in [1.29, 1.82) is 0 Å². The minimum atomic E-state index is -0.438. The molecule has 1 aromatic carbocycles. The number of furan rings is 1.